The molecule has 2 saturated carbocycles. The fraction of sp³-hybridized carbons (Fsp3) is 1.00. The van der Waals surface area contributed by atoms with Gasteiger partial charge in [0.2, 0.25) is 0 Å². The predicted octanol–water partition coefficient (Wildman–Crippen LogP) is 2.87. The van der Waals surface area contributed by atoms with Crippen molar-refractivity contribution in [2.24, 2.45) is 0 Å². The Labute approximate surface area is 76.6 Å². The predicted molar refractivity (Wildman–Crippen MR) is 49.1 cm³/mol. The van der Waals surface area contributed by atoms with Crippen molar-refractivity contribution in [3.63, 3.8) is 0 Å². The Morgan fingerprint density at radius 3 is 2.18 bits per heavy atom. The molecule has 0 aliphatic heterocycles. The molecule has 0 aromatic carbocycles. The van der Waals surface area contributed by atoms with E-state index < -0.39 is 0 Å². The Balaban J connectivity index is 1.75. The average molecular weight is 219 g/mol. The second-order valence-electron chi connectivity index (χ2n) is 3.67. The zero-order valence-corrected chi connectivity index (χ0v) is 8.35. The van der Waals surface area contributed by atoms with Gasteiger partial charge in [-0.15, -0.1) is 0 Å². The topological polar surface area (TPSA) is 9.23 Å². The van der Waals surface area contributed by atoms with Gasteiger partial charge in [-0.2, -0.15) is 0 Å². The second-order valence-corrected chi connectivity index (χ2v) is 4.85. The van der Waals surface area contributed by atoms with E-state index >= 15 is 0 Å². The molecular weight excluding hydrogens is 204 g/mol. The smallest absolute Gasteiger partial charge is 0.0703 e. The summed E-state index contributed by atoms with van der Waals surface area (Å²) >= 11 is 3.66. The first-order valence-electron chi connectivity index (χ1n) is 4.66. The Bertz CT molecular complexity index is 134. The van der Waals surface area contributed by atoms with Crippen LogP contribution >= 0.6 is 15.9 Å². The van der Waals surface area contributed by atoms with Crippen molar-refractivity contribution >= 4 is 15.9 Å². The number of halogens is 1. The molecule has 0 aromatic heterocycles. The summed E-state index contributed by atoms with van der Waals surface area (Å²) in [7, 11) is 0. The molecule has 0 amide bonds. The summed E-state index contributed by atoms with van der Waals surface area (Å²) in [6.45, 7) is 0. The maximum absolute atomic E-state index is 5.91. The van der Waals surface area contributed by atoms with Crippen LogP contribution in [0.5, 0.6) is 0 Å². The molecule has 64 valence electrons. The summed E-state index contributed by atoms with van der Waals surface area (Å²) in [6.07, 6.45) is 9.03. The zero-order chi connectivity index (χ0) is 7.68. The fourth-order valence-corrected chi connectivity index (χ4v) is 2.50. The first-order valence-corrected chi connectivity index (χ1v) is 5.57. The van der Waals surface area contributed by atoms with E-state index in [4.69, 9.17) is 4.74 Å². The lowest BCUT2D eigenvalue weighted by Gasteiger charge is -2.30. The van der Waals surface area contributed by atoms with Crippen molar-refractivity contribution in [2.45, 2.75) is 55.6 Å². The fourth-order valence-electron chi connectivity index (χ4n) is 1.79. The van der Waals surface area contributed by atoms with Crippen molar-refractivity contribution in [1.82, 2.24) is 0 Å². The van der Waals surface area contributed by atoms with E-state index in [9.17, 15) is 0 Å². The van der Waals surface area contributed by atoms with Crippen LogP contribution in [0, 0.1) is 0 Å². The molecule has 2 rings (SSSR count). The lowest BCUT2D eigenvalue weighted by atomic mass is 9.96. The SMILES string of the molecule is BrC1CCCC1OC1CCC1. The van der Waals surface area contributed by atoms with Crippen molar-refractivity contribution in [3.05, 3.63) is 0 Å². The van der Waals surface area contributed by atoms with Crippen LogP contribution in [0.25, 0.3) is 0 Å². The van der Waals surface area contributed by atoms with Crippen molar-refractivity contribution in [2.75, 3.05) is 0 Å². The molecule has 2 fully saturated rings. The van der Waals surface area contributed by atoms with Gasteiger partial charge in [0.25, 0.3) is 0 Å². The third kappa shape index (κ3) is 1.78. The van der Waals surface area contributed by atoms with Crippen LogP contribution in [0.4, 0.5) is 0 Å². The molecule has 0 radical (unpaired) electrons. The van der Waals surface area contributed by atoms with Crippen LogP contribution in [0.3, 0.4) is 0 Å². The number of ether oxygens (including phenoxy) is 1. The van der Waals surface area contributed by atoms with Gasteiger partial charge in [-0.05, 0) is 38.5 Å². The van der Waals surface area contributed by atoms with Crippen LogP contribution in [-0.2, 0) is 4.74 Å². The molecule has 2 aliphatic rings. The minimum atomic E-state index is 0.528. The molecule has 2 heteroatoms. The summed E-state index contributed by atoms with van der Waals surface area (Å²) in [4.78, 5) is 0.642. The van der Waals surface area contributed by atoms with Crippen LogP contribution in [0.15, 0.2) is 0 Å². The molecule has 0 saturated heterocycles. The monoisotopic (exact) mass is 218 g/mol. The first-order chi connectivity index (χ1) is 5.36. The van der Waals surface area contributed by atoms with Crippen LogP contribution in [0.2, 0.25) is 0 Å². The van der Waals surface area contributed by atoms with Crippen molar-refractivity contribution in [1.29, 1.82) is 0 Å². The third-order valence-electron chi connectivity index (χ3n) is 2.79. The van der Waals surface area contributed by atoms with Gasteiger partial charge in [0.05, 0.1) is 12.2 Å². The van der Waals surface area contributed by atoms with E-state index in [2.05, 4.69) is 15.9 Å². The number of rotatable bonds is 2. The van der Waals surface area contributed by atoms with E-state index in [1.807, 2.05) is 0 Å². The molecule has 0 heterocycles. The molecule has 0 spiro atoms. The lowest BCUT2D eigenvalue weighted by Crippen LogP contribution is -2.30. The normalized spacial score (nSPS) is 39.0. The minimum Gasteiger partial charge on any atom is -0.374 e. The Morgan fingerprint density at radius 2 is 1.73 bits per heavy atom. The van der Waals surface area contributed by atoms with Crippen LogP contribution in [-0.4, -0.2) is 17.0 Å². The molecule has 11 heavy (non-hydrogen) atoms. The van der Waals surface area contributed by atoms with Gasteiger partial charge >= 0.3 is 0 Å². The first kappa shape index (κ1) is 8.06. The second kappa shape index (κ2) is 3.44. The largest absolute Gasteiger partial charge is 0.374 e. The maximum atomic E-state index is 5.91. The van der Waals surface area contributed by atoms with E-state index in [0.717, 1.165) is 0 Å². The van der Waals surface area contributed by atoms with Crippen molar-refractivity contribution in [3.8, 4) is 0 Å². The van der Waals surface area contributed by atoms with Gasteiger partial charge < -0.3 is 4.74 Å². The number of hydrogen-bond donors (Lipinski definition) is 0. The van der Waals surface area contributed by atoms with Gasteiger partial charge in [-0.1, -0.05) is 15.9 Å². The van der Waals surface area contributed by atoms with Crippen LogP contribution in [0.1, 0.15) is 38.5 Å². The molecule has 0 aromatic rings. The quantitative estimate of drug-likeness (QED) is 0.649. The Hall–Kier alpha value is 0.440. The maximum Gasteiger partial charge on any atom is 0.0703 e. The average Bonchev–Trinajstić information content (AvgIpc) is 2.27. The summed E-state index contributed by atoms with van der Waals surface area (Å²) in [5, 5.41) is 0. The molecule has 0 N–H and O–H groups in total. The van der Waals surface area contributed by atoms with E-state index in [0.29, 0.717) is 17.0 Å². The van der Waals surface area contributed by atoms with Gasteiger partial charge in [-0.25, -0.2) is 0 Å². The van der Waals surface area contributed by atoms with Gasteiger partial charge in [0.1, 0.15) is 0 Å². The number of hydrogen-bond acceptors (Lipinski definition) is 1. The molecule has 2 aliphatic carbocycles. The summed E-state index contributed by atoms with van der Waals surface area (Å²) in [6, 6.07) is 0. The Morgan fingerprint density at radius 1 is 1.00 bits per heavy atom. The van der Waals surface area contributed by atoms with Gasteiger partial charge in [0.15, 0.2) is 0 Å². The highest BCUT2D eigenvalue weighted by Gasteiger charge is 2.30. The highest BCUT2D eigenvalue weighted by atomic mass is 79.9. The van der Waals surface area contributed by atoms with Crippen molar-refractivity contribution < 1.29 is 4.74 Å². The van der Waals surface area contributed by atoms with E-state index in [-0.39, 0.29) is 0 Å². The van der Waals surface area contributed by atoms with Gasteiger partial charge in [0, 0.05) is 4.83 Å². The summed E-state index contributed by atoms with van der Waals surface area (Å²) in [5.74, 6) is 0. The molecular formula is C9H15BrO. The minimum absolute atomic E-state index is 0.528. The molecule has 0 bridgehead atoms. The standard InChI is InChI=1S/C9H15BrO/c10-8-5-2-6-9(8)11-7-3-1-4-7/h7-9H,1-6H2. The van der Waals surface area contributed by atoms with Crippen LogP contribution < -0.4 is 0 Å². The zero-order valence-electron chi connectivity index (χ0n) is 6.76. The highest BCUT2D eigenvalue weighted by molar-refractivity contribution is 9.09. The number of alkyl halides is 1. The summed E-state index contributed by atoms with van der Waals surface area (Å²) < 4.78 is 5.91. The summed E-state index contributed by atoms with van der Waals surface area (Å²) in [5.41, 5.74) is 0. The molecule has 1 nitrogen and oxygen atoms in total. The third-order valence-corrected chi connectivity index (χ3v) is 3.84. The van der Waals surface area contributed by atoms with Gasteiger partial charge in [-0.3, -0.25) is 0 Å². The lowest BCUT2D eigenvalue weighted by molar-refractivity contribution is -0.0446. The Kier molecular flexibility index (Phi) is 2.52. The molecule has 2 atom stereocenters. The van der Waals surface area contributed by atoms with E-state index in [1.54, 1.807) is 0 Å². The molecule has 2 unspecified atom stereocenters. The highest BCUT2D eigenvalue weighted by Crippen LogP contribution is 2.32. The van der Waals surface area contributed by atoms with E-state index in [1.165, 1.54) is 38.5 Å².